The zero-order chi connectivity index (χ0) is 15.1. The molecule has 2 fully saturated rings. The summed E-state index contributed by atoms with van der Waals surface area (Å²) in [5.41, 5.74) is 1.39. The van der Waals surface area contributed by atoms with Crippen LogP contribution in [0, 0.1) is 5.92 Å². The SMILES string of the molecule is Cn1nc(C(=O)OC[C@@H]2CCN3CCC[C@@H]23)c2ccccc21. The van der Waals surface area contributed by atoms with E-state index in [0.717, 1.165) is 23.9 Å². The number of rotatable bonds is 3. The third-order valence-corrected chi connectivity index (χ3v) is 5.13. The third kappa shape index (κ3) is 2.20. The first-order valence-electron chi connectivity index (χ1n) is 8.07. The minimum Gasteiger partial charge on any atom is -0.461 e. The average molecular weight is 299 g/mol. The monoisotopic (exact) mass is 299 g/mol. The van der Waals surface area contributed by atoms with Gasteiger partial charge in [0.05, 0.1) is 12.1 Å². The van der Waals surface area contributed by atoms with Gasteiger partial charge in [0, 0.05) is 24.4 Å². The molecule has 0 spiro atoms. The van der Waals surface area contributed by atoms with Crippen LogP contribution in [0.15, 0.2) is 24.3 Å². The largest absolute Gasteiger partial charge is 0.461 e. The van der Waals surface area contributed by atoms with Gasteiger partial charge in [0.15, 0.2) is 5.69 Å². The van der Waals surface area contributed by atoms with Crippen molar-refractivity contribution in [3.8, 4) is 0 Å². The van der Waals surface area contributed by atoms with E-state index in [1.165, 1.54) is 19.4 Å². The minimum absolute atomic E-state index is 0.298. The van der Waals surface area contributed by atoms with E-state index in [-0.39, 0.29) is 5.97 Å². The Bertz CT molecular complexity index is 709. The van der Waals surface area contributed by atoms with Crippen molar-refractivity contribution < 1.29 is 9.53 Å². The van der Waals surface area contributed by atoms with Crippen LogP contribution in [0.4, 0.5) is 0 Å². The lowest BCUT2D eigenvalue weighted by molar-refractivity contribution is 0.0413. The predicted molar refractivity (Wildman–Crippen MR) is 83.7 cm³/mol. The number of carbonyl (C=O) groups excluding carboxylic acids is 1. The minimum atomic E-state index is -0.298. The smallest absolute Gasteiger partial charge is 0.359 e. The van der Waals surface area contributed by atoms with Crippen LogP contribution in [0.3, 0.4) is 0 Å². The van der Waals surface area contributed by atoms with E-state index in [0.29, 0.717) is 24.3 Å². The molecule has 1 aromatic carbocycles. The van der Waals surface area contributed by atoms with Crippen LogP contribution < -0.4 is 0 Å². The summed E-state index contributed by atoms with van der Waals surface area (Å²) in [6.45, 7) is 2.88. The Morgan fingerprint density at radius 2 is 2.18 bits per heavy atom. The van der Waals surface area contributed by atoms with Crippen LogP contribution in [0.1, 0.15) is 29.8 Å². The summed E-state index contributed by atoms with van der Waals surface area (Å²) in [6.07, 6.45) is 3.66. The Balaban J connectivity index is 1.48. The molecule has 2 aliphatic rings. The number of para-hydroxylation sites is 1. The molecule has 0 amide bonds. The first kappa shape index (κ1) is 13.8. The average Bonchev–Trinajstić information content (AvgIpc) is 3.21. The van der Waals surface area contributed by atoms with Crippen LogP contribution in [0.2, 0.25) is 0 Å². The lowest BCUT2D eigenvalue weighted by Crippen LogP contribution is -2.28. The molecule has 0 aliphatic carbocycles. The molecular weight excluding hydrogens is 278 g/mol. The molecule has 0 saturated carbocycles. The molecule has 2 saturated heterocycles. The lowest BCUT2D eigenvalue weighted by atomic mass is 9.99. The highest BCUT2D eigenvalue weighted by Crippen LogP contribution is 2.33. The van der Waals surface area contributed by atoms with Crippen molar-refractivity contribution >= 4 is 16.9 Å². The van der Waals surface area contributed by atoms with E-state index in [9.17, 15) is 4.79 Å². The fourth-order valence-electron chi connectivity index (χ4n) is 4.00. The van der Waals surface area contributed by atoms with E-state index < -0.39 is 0 Å². The Kier molecular flexibility index (Phi) is 3.37. The molecule has 1 aromatic heterocycles. The standard InChI is InChI=1S/C17H21N3O2/c1-19-15-6-3-2-5-13(15)16(18-19)17(21)22-11-12-8-10-20-9-4-7-14(12)20/h2-3,5-6,12,14H,4,7-11H2,1H3/t12-,14-/m0/s1. The first-order valence-corrected chi connectivity index (χ1v) is 8.07. The number of nitrogens with zero attached hydrogens (tertiary/aromatic N) is 3. The molecule has 116 valence electrons. The van der Waals surface area contributed by atoms with Gasteiger partial charge in [-0.3, -0.25) is 9.58 Å². The van der Waals surface area contributed by atoms with Crippen LogP contribution >= 0.6 is 0 Å². The van der Waals surface area contributed by atoms with Crippen molar-refractivity contribution in [1.82, 2.24) is 14.7 Å². The topological polar surface area (TPSA) is 47.4 Å². The van der Waals surface area contributed by atoms with Gasteiger partial charge in [-0.05, 0) is 38.4 Å². The van der Waals surface area contributed by atoms with E-state index in [2.05, 4.69) is 10.00 Å². The highest BCUT2D eigenvalue weighted by molar-refractivity contribution is 6.02. The summed E-state index contributed by atoms with van der Waals surface area (Å²) in [6, 6.07) is 8.38. The van der Waals surface area contributed by atoms with Gasteiger partial charge in [-0.15, -0.1) is 0 Å². The fraction of sp³-hybridized carbons (Fsp3) is 0.529. The molecule has 2 aliphatic heterocycles. The molecular formula is C17H21N3O2. The molecule has 3 heterocycles. The van der Waals surface area contributed by atoms with Crippen molar-refractivity contribution in [3.63, 3.8) is 0 Å². The number of hydrogen-bond acceptors (Lipinski definition) is 4. The van der Waals surface area contributed by atoms with Crippen molar-refractivity contribution in [2.24, 2.45) is 13.0 Å². The number of aryl methyl sites for hydroxylation is 1. The quantitative estimate of drug-likeness (QED) is 0.815. The number of fused-ring (bicyclic) bond motifs is 2. The number of esters is 1. The van der Waals surface area contributed by atoms with Gasteiger partial charge in [0.2, 0.25) is 0 Å². The molecule has 0 unspecified atom stereocenters. The van der Waals surface area contributed by atoms with Gasteiger partial charge < -0.3 is 4.74 Å². The maximum absolute atomic E-state index is 12.4. The number of aromatic nitrogens is 2. The first-order chi connectivity index (χ1) is 10.7. The molecule has 0 radical (unpaired) electrons. The Morgan fingerprint density at radius 1 is 1.32 bits per heavy atom. The molecule has 0 N–H and O–H groups in total. The van der Waals surface area contributed by atoms with Gasteiger partial charge in [-0.2, -0.15) is 5.10 Å². The zero-order valence-electron chi connectivity index (χ0n) is 12.9. The maximum Gasteiger partial charge on any atom is 0.359 e. The van der Waals surface area contributed by atoms with E-state index in [1.807, 2.05) is 31.3 Å². The fourth-order valence-corrected chi connectivity index (χ4v) is 4.00. The molecule has 22 heavy (non-hydrogen) atoms. The van der Waals surface area contributed by atoms with Gasteiger partial charge >= 0.3 is 5.97 Å². The Hall–Kier alpha value is -1.88. The number of hydrogen-bond donors (Lipinski definition) is 0. The summed E-state index contributed by atoms with van der Waals surface area (Å²) in [7, 11) is 1.85. The van der Waals surface area contributed by atoms with Crippen molar-refractivity contribution in [1.29, 1.82) is 0 Å². The molecule has 5 heteroatoms. The highest BCUT2D eigenvalue weighted by atomic mass is 16.5. The Labute approximate surface area is 129 Å². The number of carbonyl (C=O) groups is 1. The van der Waals surface area contributed by atoms with Crippen LogP contribution in [-0.2, 0) is 11.8 Å². The summed E-state index contributed by atoms with van der Waals surface area (Å²) >= 11 is 0. The predicted octanol–water partition coefficient (Wildman–Crippen LogP) is 2.21. The van der Waals surface area contributed by atoms with E-state index >= 15 is 0 Å². The summed E-state index contributed by atoms with van der Waals surface area (Å²) in [5, 5.41) is 5.20. The Morgan fingerprint density at radius 3 is 3.09 bits per heavy atom. The molecule has 5 nitrogen and oxygen atoms in total. The van der Waals surface area contributed by atoms with Gasteiger partial charge in [-0.1, -0.05) is 18.2 Å². The second kappa shape index (κ2) is 5.39. The highest BCUT2D eigenvalue weighted by Gasteiger charge is 2.37. The van der Waals surface area contributed by atoms with Crippen LogP contribution in [0.5, 0.6) is 0 Å². The molecule has 0 bridgehead atoms. The normalized spacial score (nSPS) is 24.8. The van der Waals surface area contributed by atoms with Crippen molar-refractivity contribution in [2.45, 2.75) is 25.3 Å². The lowest BCUT2D eigenvalue weighted by Gasteiger charge is -2.19. The number of benzene rings is 1. The van der Waals surface area contributed by atoms with Gasteiger partial charge in [0.1, 0.15) is 0 Å². The van der Waals surface area contributed by atoms with E-state index in [4.69, 9.17) is 4.74 Å². The second-order valence-corrected chi connectivity index (χ2v) is 6.38. The third-order valence-electron chi connectivity index (χ3n) is 5.13. The van der Waals surface area contributed by atoms with Gasteiger partial charge in [-0.25, -0.2) is 4.79 Å². The van der Waals surface area contributed by atoms with Crippen molar-refractivity contribution in [3.05, 3.63) is 30.0 Å². The molecule has 2 atom stereocenters. The maximum atomic E-state index is 12.4. The number of ether oxygens (including phenoxy) is 1. The zero-order valence-corrected chi connectivity index (χ0v) is 12.9. The summed E-state index contributed by atoms with van der Waals surface area (Å²) in [5.74, 6) is 0.190. The second-order valence-electron chi connectivity index (χ2n) is 6.38. The van der Waals surface area contributed by atoms with Crippen LogP contribution in [-0.4, -0.2) is 46.4 Å². The molecule has 4 rings (SSSR count). The van der Waals surface area contributed by atoms with Gasteiger partial charge in [0.25, 0.3) is 0 Å². The summed E-state index contributed by atoms with van der Waals surface area (Å²) < 4.78 is 7.34. The van der Waals surface area contributed by atoms with Crippen LogP contribution in [0.25, 0.3) is 10.9 Å². The van der Waals surface area contributed by atoms with Crippen molar-refractivity contribution in [2.75, 3.05) is 19.7 Å². The summed E-state index contributed by atoms with van der Waals surface area (Å²) in [4.78, 5) is 14.9. The van der Waals surface area contributed by atoms with E-state index in [1.54, 1.807) is 4.68 Å². The molecule has 2 aromatic rings.